The van der Waals surface area contributed by atoms with Gasteiger partial charge in [-0.3, -0.25) is 4.79 Å². The van der Waals surface area contributed by atoms with Crippen molar-refractivity contribution >= 4 is 21.8 Å². The summed E-state index contributed by atoms with van der Waals surface area (Å²) in [4.78, 5) is 12.3. The number of carbonyl (C=O) groups is 1. The molecule has 4 heteroatoms. The summed E-state index contributed by atoms with van der Waals surface area (Å²) in [6, 6.07) is 10.3. The SMILES string of the molecule is Cc1cc(Br)cc(C(=O)NC(C)c2ccc(C)c(F)c2)c1. The maximum absolute atomic E-state index is 13.6. The maximum Gasteiger partial charge on any atom is 0.251 e. The van der Waals surface area contributed by atoms with Crippen LogP contribution in [0.2, 0.25) is 0 Å². The molecule has 2 aromatic carbocycles. The molecule has 0 radical (unpaired) electrons. The van der Waals surface area contributed by atoms with Gasteiger partial charge in [0.25, 0.3) is 5.91 Å². The predicted molar refractivity (Wildman–Crippen MR) is 85.9 cm³/mol. The normalized spacial score (nSPS) is 12.0. The van der Waals surface area contributed by atoms with E-state index in [0.29, 0.717) is 11.1 Å². The molecule has 1 amide bonds. The number of aryl methyl sites for hydroxylation is 2. The summed E-state index contributed by atoms with van der Waals surface area (Å²) in [5.41, 5.74) is 2.93. The smallest absolute Gasteiger partial charge is 0.251 e. The minimum absolute atomic E-state index is 0.173. The summed E-state index contributed by atoms with van der Waals surface area (Å²) in [6.45, 7) is 5.49. The predicted octanol–water partition coefficient (Wildman–Crippen LogP) is 4.70. The molecule has 1 N–H and O–H groups in total. The molecule has 0 bridgehead atoms. The number of amides is 1. The molecule has 2 rings (SSSR count). The van der Waals surface area contributed by atoms with Crippen molar-refractivity contribution in [2.45, 2.75) is 26.8 Å². The third-order valence-corrected chi connectivity index (χ3v) is 3.81. The molecule has 0 heterocycles. The van der Waals surface area contributed by atoms with Crippen molar-refractivity contribution in [3.63, 3.8) is 0 Å². The van der Waals surface area contributed by atoms with Crippen LogP contribution >= 0.6 is 15.9 Å². The zero-order chi connectivity index (χ0) is 15.6. The minimum atomic E-state index is -0.258. The average molecular weight is 350 g/mol. The zero-order valence-corrected chi connectivity index (χ0v) is 13.8. The van der Waals surface area contributed by atoms with Crippen LogP contribution in [0, 0.1) is 19.7 Å². The highest BCUT2D eigenvalue weighted by Gasteiger charge is 2.13. The molecular formula is C17H17BrFNO. The third kappa shape index (κ3) is 3.91. The van der Waals surface area contributed by atoms with Gasteiger partial charge in [0.2, 0.25) is 0 Å². The lowest BCUT2D eigenvalue weighted by atomic mass is 10.1. The fourth-order valence-electron chi connectivity index (χ4n) is 2.11. The maximum atomic E-state index is 13.6. The molecule has 0 spiro atoms. The number of halogens is 2. The molecule has 0 saturated heterocycles. The van der Waals surface area contributed by atoms with E-state index in [2.05, 4.69) is 21.2 Å². The highest BCUT2D eigenvalue weighted by atomic mass is 79.9. The van der Waals surface area contributed by atoms with Gasteiger partial charge in [0.1, 0.15) is 5.82 Å². The van der Waals surface area contributed by atoms with Gasteiger partial charge in [-0.05, 0) is 61.7 Å². The lowest BCUT2D eigenvalue weighted by Gasteiger charge is -2.15. The molecular weight excluding hydrogens is 333 g/mol. The van der Waals surface area contributed by atoms with Gasteiger partial charge in [-0.25, -0.2) is 4.39 Å². The first kappa shape index (κ1) is 15.7. The van der Waals surface area contributed by atoms with Crippen molar-refractivity contribution in [3.8, 4) is 0 Å². The lowest BCUT2D eigenvalue weighted by molar-refractivity contribution is 0.0939. The Bertz CT molecular complexity index is 664. The Morgan fingerprint density at radius 1 is 1.19 bits per heavy atom. The molecule has 1 atom stereocenters. The topological polar surface area (TPSA) is 29.1 Å². The van der Waals surface area contributed by atoms with Crippen molar-refractivity contribution in [2.75, 3.05) is 0 Å². The number of nitrogens with one attached hydrogen (secondary N) is 1. The Labute approximate surface area is 132 Å². The minimum Gasteiger partial charge on any atom is -0.346 e. The molecule has 0 aliphatic carbocycles. The van der Waals surface area contributed by atoms with Crippen molar-refractivity contribution < 1.29 is 9.18 Å². The van der Waals surface area contributed by atoms with E-state index in [1.165, 1.54) is 6.07 Å². The molecule has 0 fully saturated rings. The largest absolute Gasteiger partial charge is 0.346 e. The molecule has 0 aromatic heterocycles. The van der Waals surface area contributed by atoms with Gasteiger partial charge in [0.15, 0.2) is 0 Å². The molecule has 21 heavy (non-hydrogen) atoms. The summed E-state index contributed by atoms with van der Waals surface area (Å²) < 4.78 is 14.4. The number of carbonyl (C=O) groups excluding carboxylic acids is 1. The van der Waals surface area contributed by atoms with Crippen LogP contribution in [0.5, 0.6) is 0 Å². The second kappa shape index (κ2) is 6.39. The number of hydrogen-bond acceptors (Lipinski definition) is 1. The van der Waals surface area contributed by atoms with Crippen molar-refractivity contribution in [1.29, 1.82) is 0 Å². The van der Waals surface area contributed by atoms with E-state index in [4.69, 9.17) is 0 Å². The average Bonchev–Trinajstić information content (AvgIpc) is 2.40. The number of benzene rings is 2. The van der Waals surface area contributed by atoms with Gasteiger partial charge < -0.3 is 5.32 Å². The quantitative estimate of drug-likeness (QED) is 0.855. The Balaban J connectivity index is 2.16. The van der Waals surface area contributed by atoms with E-state index in [1.54, 1.807) is 19.1 Å². The molecule has 2 nitrogen and oxygen atoms in total. The van der Waals surface area contributed by atoms with Crippen molar-refractivity contribution in [3.05, 3.63) is 68.9 Å². The van der Waals surface area contributed by atoms with Gasteiger partial charge in [0.05, 0.1) is 6.04 Å². The Morgan fingerprint density at radius 2 is 1.90 bits per heavy atom. The third-order valence-electron chi connectivity index (χ3n) is 3.35. The highest BCUT2D eigenvalue weighted by molar-refractivity contribution is 9.10. The molecule has 1 unspecified atom stereocenters. The van der Waals surface area contributed by atoms with Crippen LogP contribution in [0.25, 0.3) is 0 Å². The van der Waals surface area contributed by atoms with Crippen LogP contribution in [0.3, 0.4) is 0 Å². The summed E-state index contributed by atoms with van der Waals surface area (Å²) >= 11 is 3.38. The van der Waals surface area contributed by atoms with E-state index in [9.17, 15) is 9.18 Å². The molecule has 0 saturated carbocycles. The number of rotatable bonds is 3. The fraction of sp³-hybridized carbons (Fsp3) is 0.235. The first-order valence-electron chi connectivity index (χ1n) is 6.71. The molecule has 2 aromatic rings. The van der Waals surface area contributed by atoms with Gasteiger partial charge in [-0.15, -0.1) is 0 Å². The van der Waals surface area contributed by atoms with Crippen LogP contribution < -0.4 is 5.32 Å². The Kier molecular flexibility index (Phi) is 4.78. The second-order valence-electron chi connectivity index (χ2n) is 5.22. The van der Waals surface area contributed by atoms with E-state index < -0.39 is 0 Å². The van der Waals surface area contributed by atoms with E-state index in [0.717, 1.165) is 15.6 Å². The summed E-state index contributed by atoms with van der Waals surface area (Å²) in [7, 11) is 0. The van der Waals surface area contributed by atoms with E-state index >= 15 is 0 Å². The molecule has 110 valence electrons. The first-order chi connectivity index (χ1) is 9.86. The molecule has 0 aliphatic heterocycles. The van der Waals surface area contributed by atoms with Gasteiger partial charge in [-0.2, -0.15) is 0 Å². The second-order valence-corrected chi connectivity index (χ2v) is 6.14. The van der Waals surface area contributed by atoms with Crippen LogP contribution in [0.15, 0.2) is 40.9 Å². The van der Waals surface area contributed by atoms with E-state index in [-0.39, 0.29) is 17.8 Å². The summed E-state index contributed by atoms with van der Waals surface area (Å²) in [5, 5.41) is 2.89. The fourth-order valence-corrected chi connectivity index (χ4v) is 2.72. The van der Waals surface area contributed by atoms with Gasteiger partial charge in [-0.1, -0.05) is 28.1 Å². The Morgan fingerprint density at radius 3 is 2.52 bits per heavy atom. The van der Waals surface area contributed by atoms with Gasteiger partial charge in [0, 0.05) is 10.0 Å². The number of hydrogen-bond donors (Lipinski definition) is 1. The van der Waals surface area contributed by atoms with Crippen LogP contribution in [-0.4, -0.2) is 5.91 Å². The van der Waals surface area contributed by atoms with Crippen molar-refractivity contribution in [2.24, 2.45) is 0 Å². The highest BCUT2D eigenvalue weighted by Crippen LogP contribution is 2.19. The van der Waals surface area contributed by atoms with Gasteiger partial charge >= 0.3 is 0 Å². The Hall–Kier alpha value is -1.68. The van der Waals surface area contributed by atoms with Crippen LogP contribution in [-0.2, 0) is 0 Å². The standard InChI is InChI=1S/C17H17BrFNO/c1-10-6-14(8-15(18)7-10)17(21)20-12(3)13-5-4-11(2)16(19)9-13/h4-9,12H,1-3H3,(H,20,21). The zero-order valence-electron chi connectivity index (χ0n) is 12.2. The summed E-state index contributed by atoms with van der Waals surface area (Å²) in [6.07, 6.45) is 0. The van der Waals surface area contributed by atoms with Crippen LogP contribution in [0.4, 0.5) is 4.39 Å². The lowest BCUT2D eigenvalue weighted by Crippen LogP contribution is -2.26. The van der Waals surface area contributed by atoms with E-state index in [1.807, 2.05) is 32.0 Å². The van der Waals surface area contributed by atoms with Crippen molar-refractivity contribution in [1.82, 2.24) is 5.32 Å². The molecule has 0 aliphatic rings. The van der Waals surface area contributed by atoms with Crippen LogP contribution in [0.1, 0.15) is 40.0 Å². The monoisotopic (exact) mass is 349 g/mol. The first-order valence-corrected chi connectivity index (χ1v) is 7.50. The summed E-state index contributed by atoms with van der Waals surface area (Å²) in [5.74, 6) is -0.431.